The fourth-order valence-electron chi connectivity index (χ4n) is 1.59. The number of hydrogen-bond donors (Lipinski definition) is 3. The second-order valence-corrected chi connectivity index (χ2v) is 5.27. The van der Waals surface area contributed by atoms with E-state index in [1.807, 2.05) is 27.7 Å². The van der Waals surface area contributed by atoms with Crippen molar-refractivity contribution in [3.63, 3.8) is 0 Å². The molecule has 0 spiro atoms. The summed E-state index contributed by atoms with van der Waals surface area (Å²) in [5.41, 5.74) is 5.69. The van der Waals surface area contributed by atoms with Gasteiger partial charge in [0, 0.05) is 0 Å². The first kappa shape index (κ1) is 23.0. The van der Waals surface area contributed by atoms with Crippen molar-refractivity contribution in [3.8, 4) is 0 Å². The molecule has 0 aromatic rings. The summed E-state index contributed by atoms with van der Waals surface area (Å²) in [7, 11) is 0. The van der Waals surface area contributed by atoms with Gasteiger partial charge in [-0.1, -0.05) is 27.7 Å². The lowest BCUT2D eigenvalue weighted by atomic mass is 10.0. The maximum Gasteiger partial charge on any atom is 0.326 e. The van der Waals surface area contributed by atoms with Gasteiger partial charge in [0.1, 0.15) is 6.04 Å². The number of amides is 1. The van der Waals surface area contributed by atoms with Crippen LogP contribution < -0.4 is 11.1 Å². The number of carbonyl (C=O) groups is 2. The summed E-state index contributed by atoms with van der Waals surface area (Å²) < 4.78 is 0. The van der Waals surface area contributed by atoms with Crippen molar-refractivity contribution >= 4 is 11.9 Å². The molecular formula is C12H28N2O5. The summed E-state index contributed by atoms with van der Waals surface area (Å²) in [6, 6.07) is -1.48. The molecule has 0 aliphatic rings. The van der Waals surface area contributed by atoms with Gasteiger partial charge in [-0.25, -0.2) is 4.79 Å². The van der Waals surface area contributed by atoms with Gasteiger partial charge >= 0.3 is 5.97 Å². The van der Waals surface area contributed by atoms with Crippen molar-refractivity contribution in [3.05, 3.63) is 0 Å². The molecule has 2 atom stereocenters. The van der Waals surface area contributed by atoms with Crippen molar-refractivity contribution < 1.29 is 25.6 Å². The SMILES string of the molecule is CC(C)CC(N)C(=O)NC(CC(C)C)C(=O)O.O.O. The Bertz CT molecular complexity index is 269. The summed E-state index contributed by atoms with van der Waals surface area (Å²) in [6.07, 6.45) is 0.968. The van der Waals surface area contributed by atoms with E-state index in [9.17, 15) is 9.59 Å². The number of hydrogen-bond acceptors (Lipinski definition) is 3. The molecule has 2 unspecified atom stereocenters. The average Bonchev–Trinajstić information content (AvgIpc) is 2.14. The molecule has 116 valence electrons. The minimum Gasteiger partial charge on any atom is -0.480 e. The Morgan fingerprint density at radius 1 is 1.05 bits per heavy atom. The number of rotatable bonds is 7. The van der Waals surface area contributed by atoms with E-state index in [4.69, 9.17) is 10.8 Å². The third-order valence-corrected chi connectivity index (χ3v) is 2.38. The van der Waals surface area contributed by atoms with E-state index in [1.165, 1.54) is 0 Å². The lowest BCUT2D eigenvalue weighted by Gasteiger charge is -2.20. The normalized spacial score (nSPS) is 13.2. The Kier molecular flexibility index (Phi) is 12.9. The van der Waals surface area contributed by atoms with E-state index in [-0.39, 0.29) is 22.8 Å². The first-order valence-corrected chi connectivity index (χ1v) is 6.02. The molecule has 0 saturated carbocycles. The zero-order valence-electron chi connectivity index (χ0n) is 12.1. The number of nitrogens with one attached hydrogen (secondary N) is 1. The highest BCUT2D eigenvalue weighted by Crippen LogP contribution is 2.07. The minimum atomic E-state index is -1.01. The van der Waals surface area contributed by atoms with Crippen LogP contribution >= 0.6 is 0 Å². The summed E-state index contributed by atoms with van der Waals surface area (Å²) in [6.45, 7) is 7.76. The maximum absolute atomic E-state index is 11.7. The molecule has 0 aromatic carbocycles. The van der Waals surface area contributed by atoms with Gasteiger partial charge in [-0.2, -0.15) is 0 Å². The molecule has 0 heterocycles. The Hall–Kier alpha value is -1.18. The Morgan fingerprint density at radius 3 is 1.79 bits per heavy atom. The Labute approximate surface area is 114 Å². The molecule has 0 aromatic heterocycles. The summed E-state index contributed by atoms with van der Waals surface area (Å²) in [4.78, 5) is 22.6. The van der Waals surface area contributed by atoms with Gasteiger partial charge in [0.2, 0.25) is 5.91 Å². The highest BCUT2D eigenvalue weighted by molar-refractivity contribution is 5.86. The van der Waals surface area contributed by atoms with Crippen LogP contribution in [-0.4, -0.2) is 40.0 Å². The van der Waals surface area contributed by atoms with Gasteiger partial charge in [0.05, 0.1) is 6.04 Å². The van der Waals surface area contributed by atoms with Crippen LogP contribution in [0, 0.1) is 11.8 Å². The summed E-state index contributed by atoms with van der Waals surface area (Å²) in [5.74, 6) is -0.877. The highest BCUT2D eigenvalue weighted by atomic mass is 16.4. The van der Waals surface area contributed by atoms with Crippen LogP contribution in [0.15, 0.2) is 0 Å². The summed E-state index contributed by atoms with van der Waals surface area (Å²) >= 11 is 0. The molecule has 7 heteroatoms. The standard InChI is InChI=1S/C12H24N2O3.2H2O/c1-7(2)5-9(13)11(15)14-10(12(16)17)6-8(3)4;;/h7-10H,5-6,13H2,1-4H3,(H,14,15)(H,16,17);2*1H2. The van der Waals surface area contributed by atoms with Crippen LogP contribution in [0.25, 0.3) is 0 Å². The maximum atomic E-state index is 11.7. The highest BCUT2D eigenvalue weighted by Gasteiger charge is 2.24. The van der Waals surface area contributed by atoms with Crippen molar-refractivity contribution in [2.24, 2.45) is 17.6 Å². The fraction of sp³-hybridized carbons (Fsp3) is 0.833. The predicted octanol–water partition coefficient (Wildman–Crippen LogP) is -0.674. The van der Waals surface area contributed by atoms with E-state index < -0.39 is 18.1 Å². The first-order valence-electron chi connectivity index (χ1n) is 6.02. The third kappa shape index (κ3) is 10.4. The quantitative estimate of drug-likeness (QED) is 0.565. The Morgan fingerprint density at radius 2 is 1.47 bits per heavy atom. The first-order chi connectivity index (χ1) is 7.73. The van der Waals surface area contributed by atoms with Crippen LogP contribution in [0.3, 0.4) is 0 Å². The van der Waals surface area contributed by atoms with Crippen LogP contribution in [0.2, 0.25) is 0 Å². The predicted molar refractivity (Wildman–Crippen MR) is 73.7 cm³/mol. The van der Waals surface area contributed by atoms with Gasteiger partial charge in [0.15, 0.2) is 0 Å². The topological polar surface area (TPSA) is 155 Å². The van der Waals surface area contributed by atoms with Gasteiger partial charge in [0.25, 0.3) is 0 Å². The number of nitrogens with two attached hydrogens (primary N) is 1. The zero-order valence-corrected chi connectivity index (χ0v) is 12.1. The molecule has 0 aliphatic carbocycles. The Balaban J connectivity index is -0.00000128. The fourth-order valence-corrected chi connectivity index (χ4v) is 1.59. The van der Waals surface area contributed by atoms with E-state index in [0.29, 0.717) is 18.8 Å². The van der Waals surface area contributed by atoms with Crippen LogP contribution in [0.1, 0.15) is 40.5 Å². The number of carbonyl (C=O) groups excluding carboxylic acids is 1. The molecule has 19 heavy (non-hydrogen) atoms. The number of carboxylic acid groups (broad SMARTS) is 1. The molecule has 0 rings (SSSR count). The molecular weight excluding hydrogens is 252 g/mol. The monoisotopic (exact) mass is 280 g/mol. The van der Waals surface area contributed by atoms with Crippen molar-refractivity contribution in [1.82, 2.24) is 5.32 Å². The van der Waals surface area contributed by atoms with Gasteiger partial charge in [-0.3, -0.25) is 4.79 Å². The minimum absolute atomic E-state index is 0. The molecule has 0 aliphatic heterocycles. The van der Waals surface area contributed by atoms with Gasteiger partial charge in [-0.05, 0) is 24.7 Å². The van der Waals surface area contributed by atoms with Crippen molar-refractivity contribution in [2.45, 2.75) is 52.6 Å². The molecule has 0 radical (unpaired) electrons. The zero-order chi connectivity index (χ0) is 13.6. The lowest BCUT2D eigenvalue weighted by Crippen LogP contribution is -2.49. The second-order valence-electron chi connectivity index (χ2n) is 5.27. The van der Waals surface area contributed by atoms with E-state index in [0.717, 1.165) is 0 Å². The lowest BCUT2D eigenvalue weighted by molar-refractivity contribution is -0.142. The molecule has 1 amide bonds. The molecule has 0 fully saturated rings. The summed E-state index contributed by atoms with van der Waals surface area (Å²) in [5, 5.41) is 11.5. The van der Waals surface area contributed by atoms with Crippen LogP contribution in [0.5, 0.6) is 0 Å². The van der Waals surface area contributed by atoms with E-state index in [1.54, 1.807) is 0 Å². The van der Waals surface area contributed by atoms with Crippen molar-refractivity contribution in [1.29, 1.82) is 0 Å². The van der Waals surface area contributed by atoms with Gasteiger partial charge < -0.3 is 27.1 Å². The second kappa shape index (κ2) is 10.7. The van der Waals surface area contributed by atoms with Crippen molar-refractivity contribution in [2.75, 3.05) is 0 Å². The molecule has 0 bridgehead atoms. The third-order valence-electron chi connectivity index (χ3n) is 2.38. The molecule has 8 N–H and O–H groups in total. The smallest absolute Gasteiger partial charge is 0.326 e. The van der Waals surface area contributed by atoms with Crippen LogP contribution in [0.4, 0.5) is 0 Å². The molecule has 7 nitrogen and oxygen atoms in total. The largest absolute Gasteiger partial charge is 0.480 e. The number of aliphatic carboxylic acids is 1. The molecule has 0 saturated heterocycles. The van der Waals surface area contributed by atoms with E-state index in [2.05, 4.69) is 5.32 Å². The average molecular weight is 280 g/mol. The number of carboxylic acids is 1. The van der Waals surface area contributed by atoms with E-state index >= 15 is 0 Å². The van der Waals surface area contributed by atoms with Gasteiger partial charge in [-0.15, -0.1) is 0 Å². The van der Waals surface area contributed by atoms with Crippen LogP contribution in [-0.2, 0) is 9.59 Å².